The number of fused-ring (bicyclic) bond motifs is 1. The second-order valence-electron chi connectivity index (χ2n) is 8.14. The van der Waals surface area contributed by atoms with Gasteiger partial charge in [-0.05, 0) is 49.5 Å². The summed E-state index contributed by atoms with van der Waals surface area (Å²) in [5, 5.41) is 7.20. The predicted octanol–water partition coefficient (Wildman–Crippen LogP) is 3.12. The largest absolute Gasteiger partial charge is 0.381 e. The molecule has 31 heavy (non-hydrogen) atoms. The van der Waals surface area contributed by atoms with Gasteiger partial charge in [-0.2, -0.15) is 4.98 Å². The number of aromatic nitrogens is 2. The summed E-state index contributed by atoms with van der Waals surface area (Å²) < 4.78 is 11.0. The van der Waals surface area contributed by atoms with Crippen LogP contribution in [0.15, 0.2) is 52.1 Å². The maximum Gasteiger partial charge on any atom is 0.249 e. The number of amides is 1. The van der Waals surface area contributed by atoms with Crippen molar-refractivity contribution in [2.75, 3.05) is 25.1 Å². The number of nitrogens with zero attached hydrogens (tertiary/aromatic N) is 4. The fourth-order valence-electron chi connectivity index (χ4n) is 4.10. The highest BCUT2D eigenvalue weighted by molar-refractivity contribution is 6.04. The second-order valence-corrected chi connectivity index (χ2v) is 8.14. The molecule has 0 saturated carbocycles. The summed E-state index contributed by atoms with van der Waals surface area (Å²) in [5.74, 6) is 2.29. The molecule has 1 saturated heterocycles. The number of anilines is 1. The fraction of sp³-hybridized carbons (Fsp3) is 0.391. The summed E-state index contributed by atoms with van der Waals surface area (Å²) in [4.78, 5) is 23.9. The maximum absolute atomic E-state index is 12.9. The standard InChI is InChI=1S/C23H25N5O3/c1-15-7-8-17(22-26-21(31-27-22)11-16-5-4-10-30-14-16)12-18(15)25-23(29)19-13-24-20-6-2-3-9-28(19)20/h2-3,6-9,12,16,19H,4-5,10-11,13-14H2,1H3,(H,25,29). The lowest BCUT2D eigenvalue weighted by Crippen LogP contribution is -2.41. The van der Waals surface area contributed by atoms with E-state index < -0.39 is 0 Å². The molecule has 8 heteroatoms. The van der Waals surface area contributed by atoms with E-state index in [9.17, 15) is 4.79 Å². The number of hydrogen-bond donors (Lipinski definition) is 1. The van der Waals surface area contributed by atoms with Gasteiger partial charge in [0.25, 0.3) is 0 Å². The molecule has 1 amide bonds. The Balaban J connectivity index is 1.29. The Bertz CT molecular complexity index is 1060. The van der Waals surface area contributed by atoms with Gasteiger partial charge in [-0.3, -0.25) is 9.79 Å². The van der Waals surface area contributed by atoms with E-state index >= 15 is 0 Å². The number of carbonyl (C=O) groups excluding carboxylic acids is 1. The highest BCUT2D eigenvalue weighted by atomic mass is 16.5. The first-order valence-corrected chi connectivity index (χ1v) is 10.7. The molecule has 0 spiro atoms. The normalized spacial score (nSPS) is 22.4. The van der Waals surface area contributed by atoms with Crippen molar-refractivity contribution < 1.29 is 14.1 Å². The van der Waals surface area contributed by atoms with Crippen LogP contribution in [0, 0.1) is 12.8 Å². The van der Waals surface area contributed by atoms with E-state index in [1.807, 2.05) is 54.5 Å². The Hall–Kier alpha value is -3.26. The van der Waals surface area contributed by atoms with Crippen LogP contribution in [0.25, 0.3) is 11.4 Å². The first-order valence-electron chi connectivity index (χ1n) is 10.7. The molecule has 3 aliphatic heterocycles. The highest BCUT2D eigenvalue weighted by Crippen LogP contribution is 2.26. The van der Waals surface area contributed by atoms with Crippen molar-refractivity contribution in [3.05, 3.63) is 54.1 Å². The van der Waals surface area contributed by atoms with Crippen LogP contribution in [0.2, 0.25) is 0 Å². The van der Waals surface area contributed by atoms with E-state index in [1.54, 1.807) is 0 Å². The van der Waals surface area contributed by atoms with Crippen molar-refractivity contribution in [1.29, 1.82) is 0 Å². The molecule has 2 aromatic rings. The zero-order valence-corrected chi connectivity index (χ0v) is 17.5. The summed E-state index contributed by atoms with van der Waals surface area (Å²) in [6, 6.07) is 5.44. The molecule has 0 radical (unpaired) electrons. The van der Waals surface area contributed by atoms with E-state index in [0.717, 1.165) is 55.1 Å². The number of rotatable bonds is 5. The van der Waals surface area contributed by atoms with Crippen LogP contribution in [0.1, 0.15) is 24.3 Å². The number of ether oxygens (including phenoxy) is 1. The Morgan fingerprint density at radius 1 is 1.32 bits per heavy atom. The minimum atomic E-state index is -0.353. The Labute approximate surface area is 180 Å². The van der Waals surface area contributed by atoms with E-state index in [4.69, 9.17) is 9.26 Å². The van der Waals surface area contributed by atoms with Crippen molar-refractivity contribution in [1.82, 2.24) is 15.0 Å². The van der Waals surface area contributed by atoms with Crippen LogP contribution in [0.5, 0.6) is 0 Å². The Kier molecular flexibility index (Phi) is 5.38. The van der Waals surface area contributed by atoms with Gasteiger partial charge in [0, 0.05) is 37.1 Å². The summed E-state index contributed by atoms with van der Waals surface area (Å²) in [5.41, 5.74) is 2.51. The molecule has 1 aromatic carbocycles. The number of aliphatic imine (C=N–C) groups is 1. The van der Waals surface area contributed by atoms with Gasteiger partial charge in [0.05, 0.1) is 6.54 Å². The topological polar surface area (TPSA) is 92.8 Å². The number of nitrogens with one attached hydrogen (secondary N) is 1. The van der Waals surface area contributed by atoms with Gasteiger partial charge in [-0.15, -0.1) is 0 Å². The maximum atomic E-state index is 12.9. The minimum Gasteiger partial charge on any atom is -0.381 e. The zero-order chi connectivity index (χ0) is 21.2. The number of benzene rings is 1. The predicted molar refractivity (Wildman–Crippen MR) is 117 cm³/mol. The lowest BCUT2D eigenvalue weighted by atomic mass is 9.99. The number of aryl methyl sites for hydroxylation is 1. The van der Waals surface area contributed by atoms with Crippen LogP contribution >= 0.6 is 0 Å². The molecule has 1 aromatic heterocycles. The van der Waals surface area contributed by atoms with Crippen molar-refractivity contribution in [2.24, 2.45) is 10.9 Å². The zero-order valence-electron chi connectivity index (χ0n) is 17.5. The lowest BCUT2D eigenvalue weighted by Gasteiger charge is -2.24. The molecule has 0 aliphatic carbocycles. The molecule has 2 atom stereocenters. The third-order valence-corrected chi connectivity index (χ3v) is 5.87. The van der Waals surface area contributed by atoms with Crippen LogP contribution in [0.4, 0.5) is 5.69 Å². The first kappa shape index (κ1) is 19.7. The molecule has 3 aliphatic rings. The van der Waals surface area contributed by atoms with Crippen LogP contribution in [-0.2, 0) is 16.0 Å². The molecule has 5 rings (SSSR count). The molecule has 4 heterocycles. The summed E-state index contributed by atoms with van der Waals surface area (Å²) in [6.07, 6.45) is 10.5. The third kappa shape index (κ3) is 4.16. The van der Waals surface area contributed by atoms with Gasteiger partial charge in [-0.25, -0.2) is 0 Å². The van der Waals surface area contributed by atoms with Crippen molar-refractivity contribution >= 4 is 17.4 Å². The average Bonchev–Trinajstić information content (AvgIpc) is 3.43. The van der Waals surface area contributed by atoms with Crippen LogP contribution in [-0.4, -0.2) is 52.6 Å². The van der Waals surface area contributed by atoms with Gasteiger partial charge in [0.1, 0.15) is 11.9 Å². The SMILES string of the molecule is Cc1ccc(-c2noc(CC3CCCOC3)n2)cc1NC(=O)C1CN=C2C=CC=CN21. The van der Waals surface area contributed by atoms with Crippen molar-refractivity contribution in [2.45, 2.75) is 32.2 Å². The number of allylic oxidation sites excluding steroid dienone is 2. The quantitative estimate of drug-likeness (QED) is 0.801. The molecular weight excluding hydrogens is 394 g/mol. The van der Waals surface area contributed by atoms with Crippen molar-refractivity contribution in [3.63, 3.8) is 0 Å². The second kappa shape index (κ2) is 8.47. The van der Waals surface area contributed by atoms with Gasteiger partial charge >= 0.3 is 0 Å². The third-order valence-electron chi connectivity index (χ3n) is 5.87. The highest BCUT2D eigenvalue weighted by Gasteiger charge is 2.32. The fourth-order valence-corrected chi connectivity index (χ4v) is 4.10. The van der Waals surface area contributed by atoms with Crippen molar-refractivity contribution in [3.8, 4) is 11.4 Å². The minimum absolute atomic E-state index is 0.0925. The Morgan fingerprint density at radius 3 is 3.13 bits per heavy atom. The molecule has 0 bridgehead atoms. The van der Waals surface area contributed by atoms with E-state index in [1.165, 1.54) is 0 Å². The molecular formula is C23H25N5O3. The van der Waals surface area contributed by atoms with Crippen LogP contribution < -0.4 is 5.32 Å². The summed E-state index contributed by atoms with van der Waals surface area (Å²) in [7, 11) is 0. The van der Waals surface area contributed by atoms with Gasteiger partial charge < -0.3 is 19.5 Å². The molecule has 160 valence electrons. The molecule has 1 N–H and O–H groups in total. The van der Waals surface area contributed by atoms with Gasteiger partial charge in [-0.1, -0.05) is 23.4 Å². The van der Waals surface area contributed by atoms with Gasteiger partial charge in [0.2, 0.25) is 17.6 Å². The molecule has 1 fully saturated rings. The number of carbonyl (C=O) groups is 1. The lowest BCUT2D eigenvalue weighted by molar-refractivity contribution is -0.118. The monoisotopic (exact) mass is 419 g/mol. The Morgan fingerprint density at radius 2 is 2.26 bits per heavy atom. The molecule has 2 unspecified atom stereocenters. The van der Waals surface area contributed by atoms with E-state index in [-0.39, 0.29) is 11.9 Å². The van der Waals surface area contributed by atoms with E-state index in [2.05, 4.69) is 20.4 Å². The average molecular weight is 419 g/mol. The molecule has 8 nitrogen and oxygen atoms in total. The first-order chi connectivity index (χ1) is 15.2. The number of amidine groups is 1. The van der Waals surface area contributed by atoms with E-state index in [0.29, 0.717) is 24.2 Å². The van der Waals surface area contributed by atoms with Gasteiger partial charge in [0.15, 0.2) is 0 Å². The summed E-state index contributed by atoms with van der Waals surface area (Å²) in [6.45, 7) is 3.98. The van der Waals surface area contributed by atoms with Crippen LogP contribution in [0.3, 0.4) is 0 Å². The number of hydrogen-bond acceptors (Lipinski definition) is 7. The smallest absolute Gasteiger partial charge is 0.249 e. The summed E-state index contributed by atoms with van der Waals surface area (Å²) >= 11 is 0.